The molecule has 0 aromatic rings. The molecule has 1 rings (SSSR count). The minimum Gasteiger partial charge on any atom is -0.481 e. The first kappa shape index (κ1) is 21.6. The van der Waals surface area contributed by atoms with Crippen molar-refractivity contribution in [1.29, 1.82) is 0 Å². The maximum atomic E-state index is 12.0. The maximum Gasteiger partial charge on any atom is 0.303 e. The summed E-state index contributed by atoms with van der Waals surface area (Å²) in [6.07, 6.45) is 12.8. The lowest BCUT2D eigenvalue weighted by atomic mass is 9.88. The number of carbonyl (C=O) groups excluding carboxylic acids is 1. The van der Waals surface area contributed by atoms with Crippen molar-refractivity contribution < 1.29 is 24.9 Å². The van der Waals surface area contributed by atoms with Gasteiger partial charge in [0.25, 0.3) is 0 Å². The fourth-order valence-electron chi connectivity index (χ4n) is 3.16. The fraction of sp³-hybridized carbons (Fsp3) is 0.700. The van der Waals surface area contributed by atoms with Crippen molar-refractivity contribution in [2.45, 2.75) is 76.9 Å². The second-order valence-electron chi connectivity index (χ2n) is 7.02. The number of rotatable bonds is 13. The Morgan fingerprint density at radius 2 is 1.88 bits per heavy atom. The van der Waals surface area contributed by atoms with E-state index in [1.807, 2.05) is 12.2 Å². The van der Waals surface area contributed by atoms with Crippen molar-refractivity contribution in [2.24, 2.45) is 11.8 Å². The molecule has 3 N–H and O–H groups in total. The van der Waals surface area contributed by atoms with Crippen LogP contribution in [0.1, 0.15) is 64.7 Å². The van der Waals surface area contributed by atoms with E-state index in [9.17, 15) is 19.8 Å². The minimum atomic E-state index is -0.757. The Labute approximate surface area is 150 Å². The van der Waals surface area contributed by atoms with Crippen molar-refractivity contribution in [2.75, 3.05) is 0 Å². The SMILES string of the molecule is C[C@H](O)CCC[C@@H](O)C=C[C@@H]1C=CC(=O)[C@H]1CCCCCCC(=O)O. The van der Waals surface area contributed by atoms with E-state index >= 15 is 0 Å². The zero-order valence-electron chi connectivity index (χ0n) is 15.1. The van der Waals surface area contributed by atoms with Gasteiger partial charge >= 0.3 is 5.97 Å². The number of hydrogen-bond donors (Lipinski definition) is 3. The minimum absolute atomic E-state index is 0.0398. The van der Waals surface area contributed by atoms with Crippen LogP contribution in [0.25, 0.3) is 0 Å². The molecule has 0 radical (unpaired) electrons. The predicted octanol–water partition coefficient (Wildman–Crippen LogP) is 3.25. The van der Waals surface area contributed by atoms with Gasteiger partial charge in [-0.15, -0.1) is 0 Å². The number of aliphatic carboxylic acids is 1. The van der Waals surface area contributed by atoms with Gasteiger partial charge in [0.1, 0.15) is 0 Å². The number of allylic oxidation sites excluding steroid dienone is 3. The quantitative estimate of drug-likeness (QED) is 0.349. The van der Waals surface area contributed by atoms with Crippen LogP contribution in [-0.2, 0) is 9.59 Å². The molecule has 142 valence electrons. The molecule has 0 aromatic heterocycles. The predicted molar refractivity (Wildman–Crippen MR) is 97.1 cm³/mol. The lowest BCUT2D eigenvalue weighted by Gasteiger charge is -2.15. The molecule has 0 aromatic carbocycles. The molecule has 4 atom stereocenters. The summed E-state index contributed by atoms with van der Waals surface area (Å²) in [6.45, 7) is 1.74. The first-order valence-corrected chi connectivity index (χ1v) is 9.38. The molecule has 0 heterocycles. The van der Waals surface area contributed by atoms with Crippen molar-refractivity contribution >= 4 is 11.8 Å². The number of aliphatic hydroxyl groups excluding tert-OH is 2. The molecule has 1 aliphatic carbocycles. The largest absolute Gasteiger partial charge is 0.481 e. The van der Waals surface area contributed by atoms with Crippen molar-refractivity contribution in [3.05, 3.63) is 24.3 Å². The molecule has 0 saturated carbocycles. The molecule has 0 fully saturated rings. The lowest BCUT2D eigenvalue weighted by Crippen LogP contribution is -2.15. The van der Waals surface area contributed by atoms with Gasteiger partial charge in [0.15, 0.2) is 5.78 Å². The highest BCUT2D eigenvalue weighted by Crippen LogP contribution is 2.29. The molecule has 5 nitrogen and oxygen atoms in total. The number of carbonyl (C=O) groups is 2. The second-order valence-corrected chi connectivity index (χ2v) is 7.02. The summed E-state index contributed by atoms with van der Waals surface area (Å²) in [5, 5.41) is 27.8. The average molecular weight is 352 g/mol. The van der Waals surface area contributed by atoms with E-state index in [0.717, 1.165) is 32.1 Å². The van der Waals surface area contributed by atoms with E-state index in [1.54, 1.807) is 19.1 Å². The third-order valence-corrected chi connectivity index (χ3v) is 4.65. The van der Waals surface area contributed by atoms with Crippen LogP contribution in [0.5, 0.6) is 0 Å². The molecule has 5 heteroatoms. The molecule has 0 spiro atoms. The zero-order chi connectivity index (χ0) is 18.7. The number of hydrogen-bond acceptors (Lipinski definition) is 4. The van der Waals surface area contributed by atoms with Gasteiger partial charge < -0.3 is 15.3 Å². The monoisotopic (exact) mass is 352 g/mol. The Balaban J connectivity index is 2.30. The molecule has 0 saturated heterocycles. The smallest absolute Gasteiger partial charge is 0.303 e. The fourth-order valence-corrected chi connectivity index (χ4v) is 3.16. The van der Waals surface area contributed by atoms with Crippen LogP contribution in [0, 0.1) is 11.8 Å². The van der Waals surface area contributed by atoms with Crippen LogP contribution < -0.4 is 0 Å². The zero-order valence-corrected chi connectivity index (χ0v) is 15.1. The highest BCUT2D eigenvalue weighted by molar-refractivity contribution is 5.94. The number of carboxylic acids is 1. The lowest BCUT2D eigenvalue weighted by molar-refractivity contribution is -0.137. The van der Waals surface area contributed by atoms with Gasteiger partial charge in [0.2, 0.25) is 0 Å². The molecule has 0 bridgehead atoms. The standard InChI is InChI=1S/C20H32O5/c1-15(21)7-6-8-17(22)13-11-16-12-14-19(23)18(16)9-4-2-3-5-10-20(24)25/h11-18,21-22H,2-10H2,1H3,(H,24,25)/t15-,16+,17+,18-/m0/s1. The number of aliphatic hydroxyl groups is 2. The third-order valence-electron chi connectivity index (χ3n) is 4.65. The number of unbranched alkanes of at least 4 members (excludes halogenated alkanes) is 3. The van der Waals surface area contributed by atoms with E-state index in [0.29, 0.717) is 19.3 Å². The van der Waals surface area contributed by atoms with Gasteiger partial charge in [-0.1, -0.05) is 37.5 Å². The van der Waals surface area contributed by atoms with E-state index in [2.05, 4.69) is 0 Å². The first-order chi connectivity index (χ1) is 11.9. The van der Waals surface area contributed by atoms with Crippen molar-refractivity contribution in [3.63, 3.8) is 0 Å². The summed E-state index contributed by atoms with van der Waals surface area (Å²) in [6, 6.07) is 0. The highest BCUT2D eigenvalue weighted by Gasteiger charge is 2.27. The number of carboxylic acid groups (broad SMARTS) is 1. The molecule has 0 unspecified atom stereocenters. The van der Waals surface area contributed by atoms with E-state index in [1.165, 1.54) is 0 Å². The van der Waals surface area contributed by atoms with Crippen molar-refractivity contribution in [3.8, 4) is 0 Å². The van der Waals surface area contributed by atoms with Gasteiger partial charge in [-0.05, 0) is 45.1 Å². The highest BCUT2D eigenvalue weighted by atomic mass is 16.4. The first-order valence-electron chi connectivity index (χ1n) is 9.38. The maximum absolute atomic E-state index is 12.0. The molecule has 1 aliphatic rings. The Hall–Kier alpha value is -1.46. The van der Waals surface area contributed by atoms with Crippen molar-refractivity contribution in [1.82, 2.24) is 0 Å². The van der Waals surface area contributed by atoms with Crippen LogP contribution >= 0.6 is 0 Å². The van der Waals surface area contributed by atoms with Gasteiger partial charge in [-0.25, -0.2) is 0 Å². The van der Waals surface area contributed by atoms with Gasteiger partial charge in [0.05, 0.1) is 12.2 Å². The molecule has 0 aliphatic heterocycles. The summed E-state index contributed by atoms with van der Waals surface area (Å²) < 4.78 is 0. The Bertz CT molecular complexity index is 467. The summed E-state index contributed by atoms with van der Waals surface area (Å²) in [5.74, 6) is -0.630. The normalized spacial score (nSPS) is 22.6. The van der Waals surface area contributed by atoms with Crippen LogP contribution in [0.4, 0.5) is 0 Å². The summed E-state index contributed by atoms with van der Waals surface area (Å²) in [7, 11) is 0. The molecular weight excluding hydrogens is 320 g/mol. The Morgan fingerprint density at radius 3 is 2.56 bits per heavy atom. The topological polar surface area (TPSA) is 94.8 Å². The summed E-state index contributed by atoms with van der Waals surface area (Å²) >= 11 is 0. The van der Waals surface area contributed by atoms with Crippen LogP contribution in [-0.4, -0.2) is 39.3 Å². The molecule has 25 heavy (non-hydrogen) atoms. The molecule has 0 amide bonds. The average Bonchev–Trinajstić information content (AvgIpc) is 2.88. The van der Waals surface area contributed by atoms with Gasteiger partial charge in [0, 0.05) is 18.3 Å². The van der Waals surface area contributed by atoms with Crippen LogP contribution in [0.3, 0.4) is 0 Å². The Morgan fingerprint density at radius 1 is 1.16 bits per heavy atom. The summed E-state index contributed by atoms with van der Waals surface area (Å²) in [4.78, 5) is 22.5. The van der Waals surface area contributed by atoms with Crippen LogP contribution in [0.2, 0.25) is 0 Å². The van der Waals surface area contributed by atoms with E-state index < -0.39 is 12.1 Å². The molecular formula is C20H32O5. The van der Waals surface area contributed by atoms with Gasteiger partial charge in [-0.2, -0.15) is 0 Å². The van der Waals surface area contributed by atoms with E-state index in [4.69, 9.17) is 5.11 Å². The van der Waals surface area contributed by atoms with Crippen LogP contribution in [0.15, 0.2) is 24.3 Å². The number of ketones is 1. The Kier molecular flexibility index (Phi) is 10.3. The third kappa shape index (κ3) is 9.56. The second kappa shape index (κ2) is 12.0. The van der Waals surface area contributed by atoms with E-state index in [-0.39, 0.29) is 30.1 Å². The summed E-state index contributed by atoms with van der Waals surface area (Å²) in [5.41, 5.74) is 0. The van der Waals surface area contributed by atoms with Gasteiger partial charge in [-0.3, -0.25) is 9.59 Å².